The summed E-state index contributed by atoms with van der Waals surface area (Å²) >= 11 is 0. The topological polar surface area (TPSA) is 74.0 Å². The fourth-order valence-electron chi connectivity index (χ4n) is 5.11. The lowest BCUT2D eigenvalue weighted by molar-refractivity contribution is -0.158. The Morgan fingerprint density at radius 3 is 2.53 bits per heavy atom. The van der Waals surface area contributed by atoms with Gasteiger partial charge < -0.3 is 24.8 Å². The molecule has 0 unspecified atom stereocenters. The quantitative estimate of drug-likeness (QED) is 0.409. The van der Waals surface area contributed by atoms with E-state index < -0.39 is 0 Å². The van der Waals surface area contributed by atoms with E-state index in [9.17, 15) is 4.79 Å². The second kappa shape index (κ2) is 10.7. The molecule has 188 valence electrons. The number of benzene rings is 3. The van der Waals surface area contributed by atoms with Gasteiger partial charge in [-0.1, -0.05) is 36.4 Å². The number of rotatable bonds is 9. The minimum Gasteiger partial charge on any atom is -0.488 e. The number of nitrogens with two attached hydrogens (primary N) is 1. The predicted molar refractivity (Wildman–Crippen MR) is 141 cm³/mol. The summed E-state index contributed by atoms with van der Waals surface area (Å²) in [6, 6.07) is 22.8. The molecule has 2 heterocycles. The summed E-state index contributed by atoms with van der Waals surface area (Å²) in [6.07, 6.45) is 3.30. The third-order valence-corrected chi connectivity index (χ3v) is 7.40. The summed E-state index contributed by atoms with van der Waals surface area (Å²) in [7, 11) is 0. The second-order valence-electron chi connectivity index (χ2n) is 9.87. The molecule has 0 aromatic heterocycles. The molecule has 5 rings (SSSR count). The third-order valence-electron chi connectivity index (χ3n) is 7.40. The van der Waals surface area contributed by atoms with Gasteiger partial charge in [0.1, 0.15) is 19.0 Å². The predicted octanol–water partition coefficient (Wildman–Crippen LogP) is 5.38. The molecule has 6 heteroatoms. The van der Waals surface area contributed by atoms with Crippen molar-refractivity contribution in [2.75, 3.05) is 24.6 Å². The maximum absolute atomic E-state index is 10.7. The Morgan fingerprint density at radius 1 is 1.00 bits per heavy atom. The van der Waals surface area contributed by atoms with E-state index in [1.165, 1.54) is 12.1 Å². The summed E-state index contributed by atoms with van der Waals surface area (Å²) < 4.78 is 17.1. The van der Waals surface area contributed by atoms with Gasteiger partial charge in [-0.05, 0) is 78.8 Å². The average molecular weight is 487 g/mol. The number of carbonyl (C=O) groups excluding carboxylic acids is 1. The minimum atomic E-state index is -0.0261. The Labute approximate surface area is 213 Å². The Hall–Kier alpha value is -3.35. The molecule has 2 aliphatic rings. The molecule has 3 aromatic carbocycles. The molecule has 1 atom stereocenters. The molecule has 0 radical (unpaired) electrons. The highest BCUT2D eigenvalue weighted by Crippen LogP contribution is 2.39. The van der Waals surface area contributed by atoms with Gasteiger partial charge in [-0.25, -0.2) is 0 Å². The van der Waals surface area contributed by atoms with Crippen LogP contribution in [-0.4, -0.2) is 31.8 Å². The van der Waals surface area contributed by atoms with Crippen molar-refractivity contribution in [1.29, 1.82) is 0 Å². The summed E-state index contributed by atoms with van der Waals surface area (Å²) in [5.41, 5.74) is 12.8. The Balaban J connectivity index is 1.42. The van der Waals surface area contributed by atoms with Gasteiger partial charge in [0.25, 0.3) is 6.47 Å². The highest BCUT2D eigenvalue weighted by atomic mass is 16.5. The van der Waals surface area contributed by atoms with Crippen LogP contribution in [0.2, 0.25) is 0 Å². The van der Waals surface area contributed by atoms with E-state index in [-0.39, 0.29) is 18.2 Å². The number of anilines is 1. The van der Waals surface area contributed by atoms with Crippen molar-refractivity contribution in [1.82, 2.24) is 0 Å². The summed E-state index contributed by atoms with van der Waals surface area (Å²) in [4.78, 5) is 13.1. The van der Waals surface area contributed by atoms with Crippen LogP contribution < -0.4 is 15.4 Å². The molecule has 3 aromatic rings. The molecule has 36 heavy (non-hydrogen) atoms. The van der Waals surface area contributed by atoms with Gasteiger partial charge in [0, 0.05) is 30.4 Å². The van der Waals surface area contributed by atoms with Gasteiger partial charge in [-0.3, -0.25) is 4.79 Å². The third kappa shape index (κ3) is 5.40. The number of carbonyl (C=O) groups is 1. The van der Waals surface area contributed by atoms with Crippen molar-refractivity contribution in [2.45, 2.75) is 51.0 Å². The lowest BCUT2D eigenvalue weighted by atomic mass is 9.84. The first-order chi connectivity index (χ1) is 17.5. The molecule has 1 spiro atoms. The van der Waals surface area contributed by atoms with E-state index in [0.29, 0.717) is 18.8 Å². The SMILES string of the molecule is C[C@H](N)c1cccc(-c2cc(COc3ccccc3COC=O)cc(N3CCC4(CCO4)CC3)c2)c1. The zero-order chi connectivity index (χ0) is 25.0. The van der Waals surface area contributed by atoms with E-state index in [0.717, 1.165) is 60.4 Å². The molecule has 0 amide bonds. The van der Waals surface area contributed by atoms with Crippen molar-refractivity contribution in [3.05, 3.63) is 83.4 Å². The molecule has 2 N–H and O–H groups in total. The van der Waals surface area contributed by atoms with Crippen molar-refractivity contribution < 1.29 is 19.0 Å². The molecular weight excluding hydrogens is 452 g/mol. The maximum atomic E-state index is 10.7. The lowest BCUT2D eigenvalue weighted by Gasteiger charge is -2.48. The minimum absolute atomic E-state index is 0.0261. The fraction of sp³-hybridized carbons (Fsp3) is 0.367. The number of hydrogen-bond acceptors (Lipinski definition) is 6. The highest BCUT2D eigenvalue weighted by Gasteiger charge is 2.41. The van der Waals surface area contributed by atoms with Crippen LogP contribution in [0.15, 0.2) is 66.7 Å². The largest absolute Gasteiger partial charge is 0.488 e. The lowest BCUT2D eigenvalue weighted by Crippen LogP contribution is -2.52. The monoisotopic (exact) mass is 486 g/mol. The van der Waals surface area contributed by atoms with Gasteiger partial charge in [-0.2, -0.15) is 0 Å². The summed E-state index contributed by atoms with van der Waals surface area (Å²) in [5, 5.41) is 0. The Kier molecular flexibility index (Phi) is 7.25. The van der Waals surface area contributed by atoms with Gasteiger partial charge in [0.05, 0.1) is 12.2 Å². The van der Waals surface area contributed by atoms with Crippen LogP contribution in [0, 0.1) is 0 Å². The zero-order valence-corrected chi connectivity index (χ0v) is 20.8. The fourth-order valence-corrected chi connectivity index (χ4v) is 5.11. The summed E-state index contributed by atoms with van der Waals surface area (Å²) in [5.74, 6) is 0.715. The van der Waals surface area contributed by atoms with Crippen LogP contribution in [-0.2, 0) is 27.5 Å². The smallest absolute Gasteiger partial charge is 0.293 e. The van der Waals surface area contributed by atoms with E-state index in [1.54, 1.807) is 0 Å². The molecule has 0 bridgehead atoms. The number of ether oxygens (including phenoxy) is 3. The van der Waals surface area contributed by atoms with Crippen LogP contribution in [0.5, 0.6) is 5.75 Å². The van der Waals surface area contributed by atoms with Crippen molar-refractivity contribution in [2.24, 2.45) is 5.73 Å². The van der Waals surface area contributed by atoms with Crippen LogP contribution in [0.3, 0.4) is 0 Å². The van der Waals surface area contributed by atoms with Gasteiger partial charge >= 0.3 is 0 Å². The standard InChI is InChI=1S/C30H34N2O4/c1-22(31)24-6-4-7-25(17-24)27-15-23(19-35-29-8-3-2-5-26(29)20-34-21-33)16-28(18-27)32-12-9-30(10-13-32)11-14-36-30/h2-8,15-18,21-22H,9-14,19-20,31H2,1H3/t22-/m0/s1. The van der Waals surface area contributed by atoms with Crippen molar-refractivity contribution >= 4 is 12.2 Å². The number of piperidine rings is 1. The first-order valence-electron chi connectivity index (χ1n) is 12.7. The van der Waals surface area contributed by atoms with Crippen molar-refractivity contribution in [3.63, 3.8) is 0 Å². The van der Waals surface area contributed by atoms with Gasteiger partial charge in [0.2, 0.25) is 0 Å². The van der Waals surface area contributed by atoms with E-state index in [2.05, 4.69) is 47.4 Å². The first kappa shape index (κ1) is 24.3. The van der Waals surface area contributed by atoms with Crippen LogP contribution >= 0.6 is 0 Å². The summed E-state index contributed by atoms with van der Waals surface area (Å²) in [6.45, 7) is 5.92. The van der Waals surface area contributed by atoms with Crippen molar-refractivity contribution in [3.8, 4) is 16.9 Å². The van der Waals surface area contributed by atoms with E-state index in [1.807, 2.05) is 31.2 Å². The highest BCUT2D eigenvalue weighted by molar-refractivity contribution is 5.70. The maximum Gasteiger partial charge on any atom is 0.293 e. The normalized spacial score (nSPS) is 17.3. The van der Waals surface area contributed by atoms with Crippen LogP contribution in [0.25, 0.3) is 11.1 Å². The number of nitrogens with zero attached hydrogens (tertiary/aromatic N) is 1. The Morgan fingerprint density at radius 2 is 1.81 bits per heavy atom. The van der Waals surface area contributed by atoms with Gasteiger partial charge in [0.15, 0.2) is 0 Å². The van der Waals surface area contributed by atoms with Crippen LogP contribution in [0.4, 0.5) is 5.69 Å². The molecule has 0 saturated carbocycles. The molecule has 2 fully saturated rings. The number of para-hydroxylation sites is 1. The second-order valence-corrected chi connectivity index (χ2v) is 9.87. The average Bonchev–Trinajstić information content (AvgIpc) is 2.90. The zero-order valence-electron chi connectivity index (χ0n) is 20.8. The molecule has 2 saturated heterocycles. The number of hydrogen-bond donors (Lipinski definition) is 1. The molecular formula is C30H34N2O4. The molecule has 6 nitrogen and oxygen atoms in total. The van der Waals surface area contributed by atoms with Gasteiger partial charge in [-0.15, -0.1) is 0 Å². The Bertz CT molecular complexity index is 1200. The molecule has 2 aliphatic heterocycles. The molecule has 0 aliphatic carbocycles. The first-order valence-corrected chi connectivity index (χ1v) is 12.7. The van der Waals surface area contributed by atoms with Crippen LogP contribution in [0.1, 0.15) is 48.9 Å². The van der Waals surface area contributed by atoms with E-state index in [4.69, 9.17) is 19.9 Å². The van der Waals surface area contributed by atoms with E-state index >= 15 is 0 Å².